The number of rotatable bonds is 7. The van der Waals surface area contributed by atoms with E-state index in [1.54, 1.807) is 26.4 Å². The van der Waals surface area contributed by atoms with Gasteiger partial charge < -0.3 is 19.7 Å². The molecule has 0 saturated carbocycles. The average Bonchev–Trinajstić information content (AvgIpc) is 2.93. The molecular weight excluding hydrogens is 346 g/mol. The van der Waals surface area contributed by atoms with Crippen molar-refractivity contribution in [1.29, 1.82) is 0 Å². The van der Waals surface area contributed by atoms with E-state index in [1.165, 1.54) is 4.90 Å². The van der Waals surface area contributed by atoms with Gasteiger partial charge in [0.15, 0.2) is 0 Å². The fraction of sp³-hybridized carbons (Fsp3) is 0.600. The quantitative estimate of drug-likeness (QED) is 0.738. The summed E-state index contributed by atoms with van der Waals surface area (Å²) in [6, 6.07) is 0. The molecule has 0 aromatic heterocycles. The Hall–Kier alpha value is -2.28. The second kappa shape index (κ2) is 10.8. The maximum atomic E-state index is 12.4. The molecule has 2 rings (SSSR count). The minimum atomic E-state index is -0.391. The predicted octanol–water partition coefficient (Wildman–Crippen LogP) is 2.48. The van der Waals surface area contributed by atoms with Crippen LogP contribution < -0.4 is 5.32 Å². The highest BCUT2D eigenvalue weighted by Gasteiger charge is 2.25. The van der Waals surface area contributed by atoms with Crippen molar-refractivity contribution in [2.24, 2.45) is 11.8 Å². The third-order valence-corrected chi connectivity index (χ3v) is 4.71. The number of hydrogen-bond donors (Lipinski definition) is 1. The number of amides is 2. The van der Waals surface area contributed by atoms with Crippen molar-refractivity contribution in [3.8, 4) is 0 Å². The third kappa shape index (κ3) is 6.43. The lowest BCUT2D eigenvalue weighted by Gasteiger charge is -2.33. The fourth-order valence-corrected chi connectivity index (χ4v) is 3.19. The highest BCUT2D eigenvalue weighted by molar-refractivity contribution is 5.78. The average molecular weight is 377 g/mol. The molecule has 2 amide bonds. The largest absolute Gasteiger partial charge is 0.449 e. The molecule has 0 bridgehead atoms. The number of piperidine rings is 1. The zero-order chi connectivity index (χ0) is 19.6. The van der Waals surface area contributed by atoms with Crippen LogP contribution in [0.4, 0.5) is 4.79 Å². The molecule has 1 fully saturated rings. The highest BCUT2D eigenvalue weighted by Crippen LogP contribution is 2.22. The van der Waals surface area contributed by atoms with Gasteiger partial charge >= 0.3 is 6.09 Å². The number of carbonyl (C=O) groups is 2. The Balaban J connectivity index is 1.81. The van der Waals surface area contributed by atoms with Crippen molar-refractivity contribution in [2.75, 3.05) is 40.0 Å². The fourth-order valence-electron chi connectivity index (χ4n) is 3.19. The topological polar surface area (TPSA) is 71.1 Å². The third-order valence-electron chi connectivity index (χ3n) is 4.71. The number of nitrogens with one attached hydrogen (secondary N) is 1. The maximum Gasteiger partial charge on any atom is 0.417 e. The summed E-state index contributed by atoms with van der Waals surface area (Å²) in [5, 5.41) is 3.04. The molecule has 0 spiro atoms. The summed E-state index contributed by atoms with van der Waals surface area (Å²) in [5.74, 6) is 0.503. The summed E-state index contributed by atoms with van der Waals surface area (Å²) in [5.41, 5.74) is 1.03. The molecular formula is C20H31N3O4. The first-order chi connectivity index (χ1) is 13.0. The van der Waals surface area contributed by atoms with Gasteiger partial charge in [-0.3, -0.25) is 9.69 Å². The first kappa shape index (κ1) is 21.0. The van der Waals surface area contributed by atoms with E-state index in [0.29, 0.717) is 25.7 Å². The minimum absolute atomic E-state index is 0.0536. The van der Waals surface area contributed by atoms with E-state index in [4.69, 9.17) is 9.47 Å². The number of ether oxygens (including phenoxy) is 2. The lowest BCUT2D eigenvalue weighted by Crippen LogP contribution is -2.41. The van der Waals surface area contributed by atoms with Gasteiger partial charge in [0.05, 0.1) is 13.2 Å². The molecule has 0 aromatic carbocycles. The van der Waals surface area contributed by atoms with Gasteiger partial charge in [0.2, 0.25) is 5.91 Å². The summed E-state index contributed by atoms with van der Waals surface area (Å²) >= 11 is 0. The Bertz CT molecular complexity index is 592. The molecule has 1 unspecified atom stereocenters. The zero-order valence-corrected chi connectivity index (χ0v) is 16.5. The zero-order valence-electron chi connectivity index (χ0n) is 16.5. The van der Waals surface area contributed by atoms with Crippen LogP contribution in [0, 0.1) is 11.8 Å². The molecule has 2 aliphatic rings. The standard InChI is InChI=1S/C20H31N3O4/c1-4-27-20(25)23-10-5-6-18(9-13-23)22-11-7-17(8-12-22)19(24)21-14-16(2)15-26-3/h5-6,9-10,13,16-17H,4,7-8,11-12,14-15H2,1-3H3,(H,21,24). The highest BCUT2D eigenvalue weighted by atomic mass is 16.6. The summed E-state index contributed by atoms with van der Waals surface area (Å²) in [6.07, 6.45) is 10.4. The second-order valence-corrected chi connectivity index (χ2v) is 6.92. The second-order valence-electron chi connectivity index (χ2n) is 6.92. The lowest BCUT2D eigenvalue weighted by molar-refractivity contribution is -0.126. The van der Waals surface area contributed by atoms with Crippen LogP contribution in [0.3, 0.4) is 0 Å². The summed E-state index contributed by atoms with van der Waals surface area (Å²) in [6.45, 7) is 7.11. The number of hydrogen-bond acceptors (Lipinski definition) is 5. The number of carbonyl (C=O) groups excluding carboxylic acids is 2. The van der Waals surface area contributed by atoms with Crippen LogP contribution in [-0.4, -0.2) is 61.8 Å². The number of likely N-dealkylation sites (tertiary alicyclic amines) is 1. The van der Waals surface area contributed by atoms with Crippen molar-refractivity contribution in [1.82, 2.24) is 15.1 Å². The van der Waals surface area contributed by atoms with Crippen molar-refractivity contribution >= 4 is 12.0 Å². The van der Waals surface area contributed by atoms with Gasteiger partial charge in [-0.2, -0.15) is 0 Å². The molecule has 1 atom stereocenters. The van der Waals surface area contributed by atoms with E-state index in [0.717, 1.165) is 31.6 Å². The number of nitrogens with zero attached hydrogens (tertiary/aromatic N) is 2. The Labute approximate surface area is 161 Å². The maximum absolute atomic E-state index is 12.4. The molecule has 27 heavy (non-hydrogen) atoms. The molecule has 7 heteroatoms. The van der Waals surface area contributed by atoms with Gasteiger partial charge in [0, 0.05) is 50.8 Å². The van der Waals surface area contributed by atoms with Gasteiger partial charge in [-0.1, -0.05) is 6.92 Å². The summed E-state index contributed by atoms with van der Waals surface area (Å²) in [7, 11) is 1.67. The van der Waals surface area contributed by atoms with E-state index in [2.05, 4.69) is 17.1 Å². The molecule has 150 valence electrons. The van der Waals surface area contributed by atoms with Gasteiger partial charge in [0.1, 0.15) is 0 Å². The predicted molar refractivity (Wildman–Crippen MR) is 104 cm³/mol. The molecule has 1 N–H and O–H groups in total. The molecule has 2 heterocycles. The SMILES string of the molecule is CCOC(=O)N1C=CC=C(N2CCC(C(=O)NCC(C)COC)CC2)C=C1. The summed E-state index contributed by atoms with van der Waals surface area (Å²) < 4.78 is 10.1. The van der Waals surface area contributed by atoms with Crippen LogP contribution in [0.1, 0.15) is 26.7 Å². The van der Waals surface area contributed by atoms with Crippen LogP contribution in [-0.2, 0) is 14.3 Å². The smallest absolute Gasteiger partial charge is 0.417 e. The Morgan fingerprint density at radius 1 is 1.30 bits per heavy atom. The monoisotopic (exact) mass is 377 g/mol. The van der Waals surface area contributed by atoms with Gasteiger partial charge in [-0.05, 0) is 43.9 Å². The molecule has 1 saturated heterocycles. The normalized spacial score (nSPS) is 18.7. The van der Waals surface area contributed by atoms with E-state index in [9.17, 15) is 9.59 Å². The van der Waals surface area contributed by atoms with Crippen molar-refractivity contribution in [3.05, 3.63) is 36.3 Å². The van der Waals surface area contributed by atoms with E-state index >= 15 is 0 Å². The lowest BCUT2D eigenvalue weighted by atomic mass is 9.95. The van der Waals surface area contributed by atoms with Crippen molar-refractivity contribution in [3.63, 3.8) is 0 Å². The number of allylic oxidation sites excluding steroid dienone is 3. The van der Waals surface area contributed by atoms with Gasteiger partial charge in [-0.25, -0.2) is 4.79 Å². The van der Waals surface area contributed by atoms with Crippen molar-refractivity contribution in [2.45, 2.75) is 26.7 Å². The van der Waals surface area contributed by atoms with Crippen LogP contribution in [0.2, 0.25) is 0 Å². The van der Waals surface area contributed by atoms with E-state index in [-0.39, 0.29) is 11.8 Å². The van der Waals surface area contributed by atoms with Crippen LogP contribution in [0.25, 0.3) is 0 Å². The van der Waals surface area contributed by atoms with Crippen molar-refractivity contribution < 1.29 is 19.1 Å². The molecule has 0 aliphatic carbocycles. The van der Waals surface area contributed by atoms with Gasteiger partial charge in [-0.15, -0.1) is 0 Å². The van der Waals surface area contributed by atoms with E-state index < -0.39 is 6.09 Å². The molecule has 2 aliphatic heterocycles. The first-order valence-corrected chi connectivity index (χ1v) is 9.58. The van der Waals surface area contributed by atoms with E-state index in [1.807, 2.05) is 18.2 Å². The Morgan fingerprint density at radius 3 is 2.70 bits per heavy atom. The minimum Gasteiger partial charge on any atom is -0.449 e. The molecule has 0 radical (unpaired) electrons. The number of methoxy groups -OCH3 is 1. The molecule has 0 aromatic rings. The first-order valence-electron chi connectivity index (χ1n) is 9.58. The Morgan fingerprint density at radius 2 is 2.04 bits per heavy atom. The summed E-state index contributed by atoms with van der Waals surface area (Å²) in [4.78, 5) is 27.8. The molecule has 7 nitrogen and oxygen atoms in total. The van der Waals surface area contributed by atoms with Gasteiger partial charge in [0.25, 0.3) is 0 Å². The van der Waals surface area contributed by atoms with Crippen LogP contribution in [0.5, 0.6) is 0 Å². The van der Waals surface area contributed by atoms with Crippen LogP contribution in [0.15, 0.2) is 36.3 Å². The Kier molecular flexibility index (Phi) is 8.39. The van der Waals surface area contributed by atoms with Crippen LogP contribution >= 0.6 is 0 Å².